The van der Waals surface area contributed by atoms with Gasteiger partial charge < -0.3 is 14.9 Å². The Labute approximate surface area is 192 Å². The number of carboxylic acid groups (broad SMARTS) is 1. The number of thiophene rings is 1. The second-order valence-corrected chi connectivity index (χ2v) is 10.8. The van der Waals surface area contributed by atoms with Crippen LogP contribution in [0.3, 0.4) is 0 Å². The van der Waals surface area contributed by atoms with Gasteiger partial charge in [0.15, 0.2) is 0 Å². The Kier molecular flexibility index (Phi) is 6.18. The summed E-state index contributed by atoms with van der Waals surface area (Å²) in [7, 11) is -3.93. The van der Waals surface area contributed by atoms with Gasteiger partial charge in [-0.2, -0.15) is 0 Å². The largest absolute Gasteiger partial charge is 0.506 e. The first-order chi connectivity index (χ1) is 15.3. The van der Waals surface area contributed by atoms with Gasteiger partial charge in [0.05, 0.1) is 22.9 Å². The molecule has 0 spiro atoms. The number of carboxylic acids is 1. The fourth-order valence-electron chi connectivity index (χ4n) is 3.25. The first kappa shape index (κ1) is 22.3. The molecule has 0 amide bonds. The highest BCUT2D eigenvalue weighted by atomic mass is 32.2. The number of aromatic hydroxyl groups is 1. The van der Waals surface area contributed by atoms with Gasteiger partial charge in [0, 0.05) is 15.5 Å². The van der Waals surface area contributed by atoms with Crippen LogP contribution in [-0.4, -0.2) is 37.0 Å². The molecule has 7 nitrogen and oxygen atoms in total. The number of benzene rings is 3. The van der Waals surface area contributed by atoms with E-state index in [1.165, 1.54) is 6.07 Å². The van der Waals surface area contributed by atoms with Crippen molar-refractivity contribution in [1.29, 1.82) is 0 Å². The average molecular weight is 490 g/mol. The van der Waals surface area contributed by atoms with Crippen molar-refractivity contribution in [3.8, 4) is 11.5 Å². The number of fused-ring (bicyclic) bond motifs is 2. The van der Waals surface area contributed by atoms with E-state index in [1.807, 2.05) is 13.0 Å². The Hall–Kier alpha value is -2.95. The molecule has 4 aromatic rings. The molecule has 0 saturated heterocycles. The van der Waals surface area contributed by atoms with Gasteiger partial charge in [-0.15, -0.1) is 23.1 Å². The van der Waals surface area contributed by atoms with Crippen LogP contribution in [0.15, 0.2) is 63.7 Å². The Bertz CT molecular complexity index is 1430. The van der Waals surface area contributed by atoms with Crippen molar-refractivity contribution in [3.63, 3.8) is 0 Å². The summed E-state index contributed by atoms with van der Waals surface area (Å²) >= 11 is 2.06. The Balaban J connectivity index is 1.75. The zero-order valence-electron chi connectivity index (χ0n) is 16.9. The first-order valence-electron chi connectivity index (χ1n) is 9.57. The molecule has 32 heavy (non-hydrogen) atoms. The Morgan fingerprint density at radius 3 is 2.59 bits per heavy atom. The number of anilines is 1. The van der Waals surface area contributed by atoms with E-state index in [4.69, 9.17) is 9.84 Å². The van der Waals surface area contributed by atoms with E-state index in [2.05, 4.69) is 4.72 Å². The molecule has 3 N–H and O–H groups in total. The molecule has 1 heterocycles. The van der Waals surface area contributed by atoms with Crippen LogP contribution < -0.4 is 9.46 Å². The maximum atomic E-state index is 13.2. The molecule has 0 atom stereocenters. The van der Waals surface area contributed by atoms with Crippen LogP contribution in [0.4, 0.5) is 5.69 Å². The highest BCUT2D eigenvalue weighted by molar-refractivity contribution is 8.00. The molecule has 0 unspecified atom stereocenters. The Morgan fingerprint density at radius 2 is 1.88 bits per heavy atom. The Morgan fingerprint density at radius 1 is 1.12 bits per heavy atom. The molecule has 0 aliphatic rings. The molecule has 1 aromatic heterocycles. The lowest BCUT2D eigenvalue weighted by Crippen LogP contribution is -2.12. The number of phenols is 1. The molecular formula is C22H19NO6S3. The van der Waals surface area contributed by atoms with Crippen LogP contribution in [-0.2, 0) is 14.8 Å². The number of ether oxygens (including phenoxy) is 1. The topological polar surface area (TPSA) is 113 Å². The lowest BCUT2D eigenvalue weighted by atomic mass is 10.1. The molecular weight excluding hydrogens is 470 g/mol. The van der Waals surface area contributed by atoms with Crippen LogP contribution in [0.2, 0.25) is 0 Å². The quantitative estimate of drug-likeness (QED) is 0.232. The summed E-state index contributed by atoms with van der Waals surface area (Å²) in [6.45, 7) is 2.39. The van der Waals surface area contributed by atoms with Crippen molar-refractivity contribution in [3.05, 3.63) is 54.6 Å². The monoisotopic (exact) mass is 489 g/mol. The van der Waals surface area contributed by atoms with Crippen molar-refractivity contribution in [2.24, 2.45) is 0 Å². The van der Waals surface area contributed by atoms with Crippen LogP contribution in [0.5, 0.6) is 11.5 Å². The van der Waals surface area contributed by atoms with Crippen molar-refractivity contribution in [1.82, 2.24) is 0 Å². The van der Waals surface area contributed by atoms with Crippen LogP contribution in [0.1, 0.15) is 6.92 Å². The van der Waals surface area contributed by atoms with Gasteiger partial charge in [-0.1, -0.05) is 24.3 Å². The molecule has 0 saturated carbocycles. The van der Waals surface area contributed by atoms with Crippen molar-refractivity contribution in [2.75, 3.05) is 17.1 Å². The fraction of sp³-hybridized carbons (Fsp3) is 0.136. The zero-order valence-corrected chi connectivity index (χ0v) is 19.3. The summed E-state index contributed by atoms with van der Waals surface area (Å²) in [6, 6.07) is 15.3. The summed E-state index contributed by atoms with van der Waals surface area (Å²) in [4.78, 5) is 11.3. The van der Waals surface area contributed by atoms with Crippen molar-refractivity contribution >= 4 is 65.6 Å². The molecule has 0 radical (unpaired) electrons. The van der Waals surface area contributed by atoms with Gasteiger partial charge in [0.2, 0.25) is 0 Å². The molecule has 0 bridgehead atoms. The van der Waals surface area contributed by atoms with E-state index in [0.29, 0.717) is 23.1 Å². The van der Waals surface area contributed by atoms with Gasteiger partial charge >= 0.3 is 5.97 Å². The van der Waals surface area contributed by atoms with Gasteiger partial charge in [0.1, 0.15) is 15.7 Å². The number of hydrogen-bond donors (Lipinski definition) is 3. The molecule has 166 valence electrons. The minimum absolute atomic E-state index is 0.0832. The second kappa shape index (κ2) is 8.89. The van der Waals surface area contributed by atoms with E-state index in [0.717, 1.165) is 33.2 Å². The highest BCUT2D eigenvalue weighted by Gasteiger charge is 2.21. The number of hydrogen-bond acceptors (Lipinski definition) is 7. The van der Waals surface area contributed by atoms with Crippen molar-refractivity contribution < 1.29 is 28.2 Å². The average Bonchev–Trinajstić information content (AvgIpc) is 3.19. The molecule has 3 aromatic carbocycles. The number of rotatable bonds is 8. The summed E-state index contributed by atoms with van der Waals surface area (Å²) in [6.07, 6.45) is 0. The maximum Gasteiger partial charge on any atom is 0.313 e. The number of phenolic OH excluding ortho intramolecular Hbond substituents is 1. The molecule has 0 fully saturated rings. The fourth-order valence-corrected chi connectivity index (χ4v) is 6.42. The van der Waals surface area contributed by atoms with Crippen molar-refractivity contribution in [2.45, 2.75) is 16.0 Å². The van der Waals surface area contributed by atoms with Gasteiger partial charge in [-0.3, -0.25) is 9.52 Å². The van der Waals surface area contributed by atoms with E-state index < -0.39 is 16.0 Å². The predicted octanol–water partition coefficient (Wildman–Crippen LogP) is 5.14. The van der Waals surface area contributed by atoms with E-state index in [9.17, 15) is 18.3 Å². The standard InChI is InChI=1S/C22H19NO6S3/c1-2-29-14-7-8-18-13(9-14)10-21(31-18)32(27,28)23-17-11-19(30-12-20(24)25)22(26)16-6-4-3-5-15(16)17/h3-11,23,26H,2,12H2,1H3,(H,24,25). The van der Waals surface area contributed by atoms with Crippen LogP contribution in [0, 0.1) is 0 Å². The number of thioether (sulfide) groups is 1. The van der Waals surface area contributed by atoms with Gasteiger partial charge in [-0.05, 0) is 42.6 Å². The third kappa shape index (κ3) is 4.47. The van der Waals surface area contributed by atoms with Gasteiger partial charge in [-0.25, -0.2) is 8.42 Å². The summed E-state index contributed by atoms with van der Waals surface area (Å²) < 4.78 is 35.4. The minimum Gasteiger partial charge on any atom is -0.506 e. The lowest BCUT2D eigenvalue weighted by Gasteiger charge is -2.14. The number of carbonyl (C=O) groups is 1. The summed E-state index contributed by atoms with van der Waals surface area (Å²) in [5.74, 6) is -0.725. The smallest absolute Gasteiger partial charge is 0.313 e. The van der Waals surface area contributed by atoms with Gasteiger partial charge in [0.25, 0.3) is 10.0 Å². The normalized spacial score (nSPS) is 11.7. The molecule has 4 rings (SSSR count). The minimum atomic E-state index is -3.93. The molecule has 0 aliphatic carbocycles. The molecule has 0 aliphatic heterocycles. The summed E-state index contributed by atoms with van der Waals surface area (Å²) in [5, 5.41) is 21.2. The van der Waals surface area contributed by atoms with E-state index in [1.54, 1.807) is 42.5 Å². The van der Waals surface area contributed by atoms with Crippen LogP contribution in [0.25, 0.3) is 20.9 Å². The lowest BCUT2D eigenvalue weighted by molar-refractivity contribution is -0.133. The third-order valence-electron chi connectivity index (χ3n) is 4.62. The number of nitrogens with one attached hydrogen (secondary N) is 1. The zero-order chi connectivity index (χ0) is 22.9. The van der Waals surface area contributed by atoms with E-state index in [-0.39, 0.29) is 26.3 Å². The number of aliphatic carboxylic acids is 1. The first-order valence-corrected chi connectivity index (χ1v) is 12.9. The number of sulfonamides is 1. The summed E-state index contributed by atoms with van der Waals surface area (Å²) in [5.41, 5.74) is 0.263. The second-order valence-electron chi connectivity index (χ2n) is 6.80. The maximum absolute atomic E-state index is 13.2. The van der Waals surface area contributed by atoms with Crippen LogP contribution >= 0.6 is 23.1 Å². The predicted molar refractivity (Wildman–Crippen MR) is 128 cm³/mol. The molecule has 10 heteroatoms. The van der Waals surface area contributed by atoms with E-state index >= 15 is 0 Å². The SMILES string of the molecule is CCOc1ccc2sc(S(=O)(=O)Nc3cc(SCC(=O)O)c(O)c4ccccc34)cc2c1. The third-order valence-corrected chi connectivity index (χ3v) is 8.59. The highest BCUT2D eigenvalue weighted by Crippen LogP contribution is 2.41.